The van der Waals surface area contributed by atoms with E-state index < -0.39 is 36.8 Å². The van der Waals surface area contributed by atoms with E-state index in [4.69, 9.17) is 11.6 Å². The summed E-state index contributed by atoms with van der Waals surface area (Å²) in [6, 6.07) is 3.90. The van der Waals surface area contributed by atoms with E-state index in [-0.39, 0.29) is 5.92 Å². The number of carbonyl (C=O) groups excluding carboxylic acids is 1. The van der Waals surface area contributed by atoms with Crippen LogP contribution in [-0.4, -0.2) is 36.0 Å². The largest absolute Gasteiger partial charge is 0.289 e. The molecule has 0 spiro atoms. The molecule has 0 radical (unpaired) electrons. The number of carbonyl (C=O) groups is 1. The molecule has 0 aliphatic heterocycles. The van der Waals surface area contributed by atoms with Crippen molar-refractivity contribution in [3.8, 4) is 0 Å². The summed E-state index contributed by atoms with van der Waals surface area (Å²) in [7, 11) is -3.03. The lowest BCUT2D eigenvalue weighted by molar-refractivity contribution is -0.387. The predicted octanol–water partition coefficient (Wildman–Crippen LogP) is 2.40. The normalized spacial score (nSPS) is 14.6. The zero-order valence-corrected chi connectivity index (χ0v) is 14.0. The van der Waals surface area contributed by atoms with E-state index in [1.807, 2.05) is 0 Å². The number of nitro benzene ring substituents is 1. The fraction of sp³-hybridized carbons (Fsp3) is 0.462. The summed E-state index contributed by atoms with van der Waals surface area (Å²) in [5.74, 6) is -0.326. The van der Waals surface area contributed by atoms with Gasteiger partial charge >= 0.3 is 0 Å². The average molecular weight is 349 g/mol. The quantitative estimate of drug-likeness (QED) is 0.428. The summed E-state index contributed by atoms with van der Waals surface area (Å²) in [5.41, 5.74) is -0.542. The lowest BCUT2D eigenvalue weighted by Crippen LogP contribution is -2.44. The van der Waals surface area contributed by atoms with Gasteiger partial charge in [-0.05, 0) is 23.6 Å². The van der Waals surface area contributed by atoms with E-state index >= 15 is 0 Å². The smallest absolute Gasteiger partial charge is 0.279 e. The van der Waals surface area contributed by atoms with Crippen LogP contribution in [0.4, 0.5) is 5.69 Å². The van der Waals surface area contributed by atoms with Crippen LogP contribution in [0.1, 0.15) is 20.3 Å². The minimum Gasteiger partial charge on any atom is -0.279 e. The molecule has 0 N–H and O–H groups in total. The van der Waals surface area contributed by atoms with Crippen LogP contribution < -0.4 is 0 Å². The first kappa shape index (κ1) is 18.5. The van der Waals surface area contributed by atoms with Crippen molar-refractivity contribution >= 4 is 32.6 Å². The molecule has 7 nitrogen and oxygen atoms in total. The molecule has 0 fully saturated rings. The third kappa shape index (κ3) is 3.63. The van der Waals surface area contributed by atoms with Gasteiger partial charge in [0.05, 0.1) is 4.92 Å². The lowest BCUT2D eigenvalue weighted by atomic mass is 10.0. The Labute approximate surface area is 134 Å². The topological polar surface area (TPSA) is 97.6 Å². The zero-order valence-electron chi connectivity index (χ0n) is 12.4. The molecule has 0 heterocycles. The van der Waals surface area contributed by atoms with Gasteiger partial charge in [0.25, 0.3) is 5.69 Å². The van der Waals surface area contributed by atoms with Crippen LogP contribution in [0.25, 0.3) is 0 Å². The molecule has 0 aromatic heterocycles. The minimum absolute atomic E-state index is 0.326. The number of likely N-dealkylation sites (N-methyl/N-ethyl adjacent to an activating group) is 1. The molecule has 22 heavy (non-hydrogen) atoms. The third-order valence-corrected chi connectivity index (χ3v) is 5.64. The summed E-state index contributed by atoms with van der Waals surface area (Å²) >= 11 is 5.53. The summed E-state index contributed by atoms with van der Waals surface area (Å²) in [5, 5.41) is 10.2. The molecule has 1 rings (SSSR count). The van der Waals surface area contributed by atoms with E-state index in [9.17, 15) is 23.3 Å². The Balaban J connectivity index is 3.40. The first-order valence-corrected chi connectivity index (χ1v) is 8.37. The maximum absolute atomic E-state index is 12.6. The Kier molecular flexibility index (Phi) is 6.04. The number of halogens is 1. The van der Waals surface area contributed by atoms with E-state index in [2.05, 4.69) is 0 Å². The summed E-state index contributed by atoms with van der Waals surface area (Å²) in [4.78, 5) is 21.4. The van der Waals surface area contributed by atoms with Crippen molar-refractivity contribution in [2.45, 2.75) is 31.2 Å². The highest BCUT2D eigenvalue weighted by Crippen LogP contribution is 2.29. The molecular weight excluding hydrogens is 332 g/mol. The molecule has 0 unspecified atom stereocenters. The Morgan fingerprint density at radius 2 is 1.95 bits per heavy atom. The van der Waals surface area contributed by atoms with Crippen LogP contribution in [0.5, 0.6) is 0 Å². The van der Waals surface area contributed by atoms with Crippen LogP contribution in [-0.2, 0) is 14.8 Å². The molecule has 0 saturated carbocycles. The Morgan fingerprint density at radius 3 is 2.41 bits per heavy atom. The van der Waals surface area contributed by atoms with Crippen molar-refractivity contribution in [1.29, 1.82) is 0 Å². The zero-order chi connectivity index (χ0) is 17.1. The van der Waals surface area contributed by atoms with Crippen LogP contribution in [0, 0.1) is 16.0 Å². The average Bonchev–Trinajstić information content (AvgIpc) is 2.46. The van der Waals surface area contributed by atoms with Crippen molar-refractivity contribution in [1.82, 2.24) is 4.31 Å². The molecule has 0 aliphatic rings. The summed E-state index contributed by atoms with van der Waals surface area (Å²) < 4.78 is 26.1. The van der Waals surface area contributed by atoms with Crippen LogP contribution >= 0.6 is 11.6 Å². The number of hydrogen-bond donors (Lipinski definition) is 0. The molecular formula is C13H17ClN2O5S. The number of sulfonamides is 1. The second-order valence-corrected chi connectivity index (χ2v) is 7.22. The molecule has 1 aromatic rings. The van der Waals surface area contributed by atoms with Crippen LogP contribution in [0.3, 0.4) is 0 Å². The molecule has 9 heteroatoms. The second-order valence-electron chi connectivity index (χ2n) is 4.88. The van der Waals surface area contributed by atoms with Crippen molar-refractivity contribution in [2.75, 3.05) is 7.05 Å². The van der Waals surface area contributed by atoms with E-state index in [0.717, 1.165) is 16.4 Å². The van der Waals surface area contributed by atoms with Gasteiger partial charge in [0, 0.05) is 13.1 Å². The highest BCUT2D eigenvalue weighted by molar-refractivity contribution is 7.89. The lowest BCUT2D eigenvalue weighted by Gasteiger charge is -2.28. The van der Waals surface area contributed by atoms with Gasteiger partial charge in [-0.25, -0.2) is 8.42 Å². The molecule has 0 amide bonds. The Hall–Kier alpha value is -1.51. The van der Waals surface area contributed by atoms with E-state index in [1.54, 1.807) is 13.8 Å². The number of hydrogen-bond acceptors (Lipinski definition) is 5. The maximum Gasteiger partial charge on any atom is 0.289 e. The standard InChI is InChI=1S/C13H17ClN2O5S/c1-4-9(2)12(13(14)17)15(3)22(20,21)11-8-6-5-7-10(11)16(18)19/h5-9,12H,4H2,1-3H3/t9-,12-/m0/s1. The van der Waals surface area contributed by atoms with Crippen LogP contribution in [0.15, 0.2) is 29.2 Å². The van der Waals surface area contributed by atoms with Gasteiger partial charge in [0.2, 0.25) is 15.3 Å². The minimum atomic E-state index is -4.23. The van der Waals surface area contributed by atoms with E-state index in [0.29, 0.717) is 6.42 Å². The van der Waals surface area contributed by atoms with Gasteiger partial charge in [-0.3, -0.25) is 14.9 Å². The molecule has 122 valence electrons. The highest BCUT2D eigenvalue weighted by atomic mass is 35.5. The van der Waals surface area contributed by atoms with E-state index in [1.165, 1.54) is 19.2 Å². The first-order valence-electron chi connectivity index (χ1n) is 6.55. The molecule has 1 aromatic carbocycles. The van der Waals surface area contributed by atoms with Crippen molar-refractivity contribution in [3.05, 3.63) is 34.4 Å². The van der Waals surface area contributed by atoms with Gasteiger partial charge in [0.15, 0.2) is 4.90 Å². The second kappa shape index (κ2) is 7.17. The van der Waals surface area contributed by atoms with Gasteiger partial charge in [-0.15, -0.1) is 0 Å². The molecule has 0 saturated heterocycles. The maximum atomic E-state index is 12.6. The van der Waals surface area contributed by atoms with Crippen molar-refractivity contribution in [2.24, 2.45) is 5.92 Å². The number of nitrogens with zero attached hydrogens (tertiary/aromatic N) is 2. The number of para-hydroxylation sites is 1. The van der Waals surface area contributed by atoms with Crippen LogP contribution in [0.2, 0.25) is 0 Å². The number of rotatable bonds is 7. The van der Waals surface area contributed by atoms with Crippen molar-refractivity contribution in [3.63, 3.8) is 0 Å². The van der Waals surface area contributed by atoms with Gasteiger partial charge in [0.1, 0.15) is 6.04 Å². The SMILES string of the molecule is CC[C@H](C)[C@@H](C(=O)Cl)N(C)S(=O)(=O)c1ccccc1[N+](=O)[O-]. The fourth-order valence-electron chi connectivity index (χ4n) is 2.08. The predicted molar refractivity (Wildman–Crippen MR) is 82.1 cm³/mol. The Morgan fingerprint density at radius 1 is 1.41 bits per heavy atom. The van der Waals surface area contributed by atoms with Gasteiger partial charge < -0.3 is 0 Å². The first-order chi connectivity index (χ1) is 10.1. The summed E-state index contributed by atoms with van der Waals surface area (Å²) in [6.07, 6.45) is 0.528. The third-order valence-electron chi connectivity index (χ3n) is 3.53. The van der Waals surface area contributed by atoms with Gasteiger partial charge in [-0.2, -0.15) is 4.31 Å². The van der Waals surface area contributed by atoms with Gasteiger partial charge in [-0.1, -0.05) is 32.4 Å². The fourth-order valence-corrected chi connectivity index (χ4v) is 4.07. The number of nitro groups is 1. The summed E-state index contributed by atoms with van der Waals surface area (Å²) in [6.45, 7) is 3.49. The molecule has 0 aliphatic carbocycles. The Bertz CT molecular complexity index is 677. The highest BCUT2D eigenvalue weighted by Gasteiger charge is 2.38. The molecule has 2 atom stereocenters. The number of benzene rings is 1. The monoisotopic (exact) mass is 348 g/mol. The molecule has 0 bridgehead atoms. The van der Waals surface area contributed by atoms with Crippen molar-refractivity contribution < 1.29 is 18.1 Å².